The minimum absolute atomic E-state index is 0.159. The van der Waals surface area contributed by atoms with Crippen molar-refractivity contribution in [2.45, 2.75) is 25.8 Å². The molecule has 1 N–H and O–H groups in total. The van der Waals surface area contributed by atoms with Crippen LogP contribution in [0.1, 0.15) is 28.4 Å². The Hall–Kier alpha value is -3.40. The Kier molecular flexibility index (Phi) is 4.94. The van der Waals surface area contributed by atoms with Crippen LogP contribution in [0, 0.1) is 0 Å². The lowest BCUT2D eigenvalue weighted by molar-refractivity contribution is -0.117. The van der Waals surface area contributed by atoms with Crippen molar-refractivity contribution in [1.82, 2.24) is 0 Å². The van der Waals surface area contributed by atoms with Gasteiger partial charge < -0.3 is 5.32 Å². The number of benzene rings is 3. The predicted octanol–water partition coefficient (Wildman–Crippen LogP) is 4.46. The van der Waals surface area contributed by atoms with Crippen molar-refractivity contribution in [3.05, 3.63) is 95.6 Å². The molecule has 1 aliphatic rings. The summed E-state index contributed by atoms with van der Waals surface area (Å²) in [5.74, 6) is -0.332. The fourth-order valence-corrected chi connectivity index (χ4v) is 3.66. The van der Waals surface area contributed by atoms with Gasteiger partial charge in [0.1, 0.15) is 6.04 Å². The molecule has 140 valence electrons. The summed E-state index contributed by atoms with van der Waals surface area (Å²) in [6.45, 7) is 2.08. The number of para-hydroxylation sites is 1. The molecule has 0 fully saturated rings. The van der Waals surface area contributed by atoms with E-state index in [-0.39, 0.29) is 11.8 Å². The Morgan fingerprint density at radius 1 is 0.964 bits per heavy atom. The Labute approximate surface area is 164 Å². The van der Waals surface area contributed by atoms with Crippen LogP contribution in [-0.4, -0.2) is 17.9 Å². The second-order valence-electron chi connectivity index (χ2n) is 6.93. The van der Waals surface area contributed by atoms with Crippen molar-refractivity contribution in [1.29, 1.82) is 0 Å². The van der Waals surface area contributed by atoms with Crippen LogP contribution in [0.4, 0.5) is 11.4 Å². The van der Waals surface area contributed by atoms with Crippen LogP contribution in [0.15, 0.2) is 78.9 Å². The normalized spacial score (nSPS) is 15.2. The molecular formula is C24H22N2O2. The molecule has 4 nitrogen and oxygen atoms in total. The molecule has 1 heterocycles. The monoisotopic (exact) mass is 370 g/mol. The molecule has 2 amide bonds. The second kappa shape index (κ2) is 7.69. The molecule has 1 aliphatic heterocycles. The number of amides is 2. The molecule has 4 rings (SSSR count). The van der Waals surface area contributed by atoms with E-state index < -0.39 is 6.04 Å². The van der Waals surface area contributed by atoms with Crippen molar-refractivity contribution in [2.75, 3.05) is 10.2 Å². The summed E-state index contributed by atoms with van der Waals surface area (Å²) in [6, 6.07) is 24.1. The molecule has 0 radical (unpaired) electrons. The summed E-state index contributed by atoms with van der Waals surface area (Å²) in [5.41, 5.74) is 4.30. The van der Waals surface area contributed by atoms with Crippen molar-refractivity contribution in [3.63, 3.8) is 0 Å². The number of hydrogen-bond acceptors (Lipinski definition) is 2. The van der Waals surface area contributed by atoms with E-state index >= 15 is 0 Å². The first kappa shape index (κ1) is 18.0. The van der Waals surface area contributed by atoms with Gasteiger partial charge in [-0.2, -0.15) is 0 Å². The molecule has 0 aromatic heterocycles. The Morgan fingerprint density at radius 3 is 2.50 bits per heavy atom. The van der Waals surface area contributed by atoms with Gasteiger partial charge in [-0.3, -0.25) is 14.5 Å². The molecule has 0 unspecified atom stereocenters. The van der Waals surface area contributed by atoms with Crippen molar-refractivity contribution >= 4 is 23.2 Å². The van der Waals surface area contributed by atoms with E-state index in [0.717, 1.165) is 28.9 Å². The second-order valence-corrected chi connectivity index (χ2v) is 6.93. The number of anilines is 2. The van der Waals surface area contributed by atoms with Crippen LogP contribution in [0.5, 0.6) is 0 Å². The molecule has 0 saturated heterocycles. The van der Waals surface area contributed by atoms with Crippen LogP contribution < -0.4 is 10.2 Å². The van der Waals surface area contributed by atoms with Crippen molar-refractivity contribution < 1.29 is 9.59 Å². The van der Waals surface area contributed by atoms with Gasteiger partial charge in [-0.1, -0.05) is 55.5 Å². The van der Waals surface area contributed by atoms with E-state index in [1.165, 1.54) is 0 Å². The average Bonchev–Trinajstić information content (AvgIpc) is 3.14. The molecule has 0 bridgehead atoms. The van der Waals surface area contributed by atoms with Crippen LogP contribution in [0.25, 0.3) is 0 Å². The van der Waals surface area contributed by atoms with Crippen LogP contribution in [-0.2, 0) is 17.6 Å². The fourth-order valence-electron chi connectivity index (χ4n) is 3.66. The van der Waals surface area contributed by atoms with Crippen LogP contribution >= 0.6 is 0 Å². The highest BCUT2D eigenvalue weighted by Gasteiger charge is 2.38. The molecule has 4 heteroatoms. The van der Waals surface area contributed by atoms with E-state index in [1.54, 1.807) is 17.0 Å². The number of carbonyl (C=O) groups excluding carboxylic acids is 2. The number of aryl methyl sites for hydroxylation is 1. The maximum atomic E-state index is 13.2. The average molecular weight is 370 g/mol. The molecule has 3 aromatic rings. The zero-order valence-electron chi connectivity index (χ0n) is 15.8. The highest BCUT2D eigenvalue weighted by atomic mass is 16.2. The van der Waals surface area contributed by atoms with Crippen LogP contribution in [0.3, 0.4) is 0 Å². The molecule has 1 atom stereocenters. The van der Waals surface area contributed by atoms with Gasteiger partial charge in [0.2, 0.25) is 5.91 Å². The number of nitrogens with one attached hydrogen (secondary N) is 1. The molecule has 3 aromatic carbocycles. The maximum absolute atomic E-state index is 13.2. The highest BCUT2D eigenvalue weighted by molar-refractivity contribution is 6.13. The summed E-state index contributed by atoms with van der Waals surface area (Å²) in [5, 5.41) is 3.00. The molecule has 0 spiro atoms. The Bertz CT molecular complexity index is 1010. The first-order chi connectivity index (χ1) is 13.7. The van der Waals surface area contributed by atoms with Crippen molar-refractivity contribution in [3.8, 4) is 0 Å². The first-order valence-corrected chi connectivity index (χ1v) is 9.53. The highest BCUT2D eigenvalue weighted by Crippen LogP contribution is 2.34. The molecule has 0 aliphatic carbocycles. The van der Waals surface area contributed by atoms with E-state index in [1.807, 2.05) is 66.7 Å². The smallest absolute Gasteiger partial charge is 0.259 e. The number of fused-ring (bicyclic) bond motifs is 1. The number of carbonyl (C=O) groups is 2. The van der Waals surface area contributed by atoms with Gasteiger partial charge in [0.25, 0.3) is 5.91 Å². The number of nitrogens with zero attached hydrogens (tertiary/aromatic N) is 1. The van der Waals surface area contributed by atoms with Gasteiger partial charge in [0.05, 0.1) is 0 Å². The summed E-state index contributed by atoms with van der Waals surface area (Å²) in [7, 11) is 0. The van der Waals surface area contributed by atoms with Gasteiger partial charge in [-0.15, -0.1) is 0 Å². The van der Waals surface area contributed by atoms with Gasteiger partial charge in [0, 0.05) is 23.4 Å². The van der Waals surface area contributed by atoms with E-state index in [9.17, 15) is 9.59 Å². The number of hydrogen-bond donors (Lipinski definition) is 1. The van der Waals surface area contributed by atoms with Gasteiger partial charge in [-0.05, 0) is 47.9 Å². The predicted molar refractivity (Wildman–Crippen MR) is 112 cm³/mol. The van der Waals surface area contributed by atoms with E-state index in [0.29, 0.717) is 12.0 Å². The summed E-state index contributed by atoms with van der Waals surface area (Å²) < 4.78 is 0. The summed E-state index contributed by atoms with van der Waals surface area (Å²) >= 11 is 0. The SMILES string of the molecule is CCc1cccc(NC(=O)[C@@H]2Cc3ccccc3N2C(=O)c2ccccc2)c1. The topological polar surface area (TPSA) is 49.4 Å². The third kappa shape index (κ3) is 3.41. The maximum Gasteiger partial charge on any atom is 0.259 e. The lowest BCUT2D eigenvalue weighted by Gasteiger charge is -2.25. The molecular weight excluding hydrogens is 348 g/mol. The van der Waals surface area contributed by atoms with Crippen LogP contribution in [0.2, 0.25) is 0 Å². The van der Waals surface area contributed by atoms with Gasteiger partial charge >= 0.3 is 0 Å². The van der Waals surface area contributed by atoms with E-state index in [2.05, 4.69) is 12.2 Å². The fraction of sp³-hybridized carbons (Fsp3) is 0.167. The van der Waals surface area contributed by atoms with Gasteiger partial charge in [-0.25, -0.2) is 0 Å². The third-order valence-corrected chi connectivity index (χ3v) is 5.12. The Balaban J connectivity index is 1.65. The summed E-state index contributed by atoms with van der Waals surface area (Å²) in [6.07, 6.45) is 1.41. The molecule has 28 heavy (non-hydrogen) atoms. The van der Waals surface area contributed by atoms with E-state index in [4.69, 9.17) is 0 Å². The number of rotatable bonds is 4. The minimum Gasteiger partial charge on any atom is -0.324 e. The summed E-state index contributed by atoms with van der Waals surface area (Å²) in [4.78, 5) is 28.0. The van der Waals surface area contributed by atoms with Crippen molar-refractivity contribution in [2.24, 2.45) is 0 Å². The zero-order valence-corrected chi connectivity index (χ0v) is 15.8. The minimum atomic E-state index is -0.574. The largest absolute Gasteiger partial charge is 0.324 e. The Morgan fingerprint density at radius 2 is 1.71 bits per heavy atom. The standard InChI is InChI=1S/C24H22N2O2/c1-2-17-9-8-13-20(15-17)25-23(27)22-16-19-12-6-7-14-21(19)26(22)24(28)18-10-4-3-5-11-18/h3-15,22H,2,16H2,1H3,(H,25,27)/t22-/m0/s1. The quantitative estimate of drug-likeness (QED) is 0.737. The molecule has 0 saturated carbocycles. The first-order valence-electron chi connectivity index (χ1n) is 9.53. The van der Waals surface area contributed by atoms with Gasteiger partial charge in [0.15, 0.2) is 0 Å². The lowest BCUT2D eigenvalue weighted by atomic mass is 10.1. The zero-order chi connectivity index (χ0) is 19.5. The lowest BCUT2D eigenvalue weighted by Crippen LogP contribution is -2.45. The third-order valence-electron chi connectivity index (χ3n) is 5.12.